The van der Waals surface area contributed by atoms with Crippen molar-refractivity contribution in [2.45, 2.75) is 66.2 Å². The minimum atomic E-state index is 0.829. The van der Waals surface area contributed by atoms with Crippen molar-refractivity contribution >= 4 is 0 Å². The van der Waals surface area contributed by atoms with Gasteiger partial charge in [0.15, 0.2) is 0 Å². The molecular weight excluding hydrogens is 244 g/mol. The molecule has 1 fully saturated rings. The molecule has 0 spiro atoms. The number of hydrogen-bond acceptors (Lipinski definition) is 2. The average molecular weight is 283 g/mol. The first-order valence-electron chi connectivity index (χ1n) is 8.99. The summed E-state index contributed by atoms with van der Waals surface area (Å²) in [5.74, 6) is 3.54. The van der Waals surface area contributed by atoms with Crippen molar-refractivity contribution in [3.05, 3.63) is 0 Å². The van der Waals surface area contributed by atoms with Gasteiger partial charge in [-0.05, 0) is 88.4 Å². The van der Waals surface area contributed by atoms with Crippen LogP contribution in [-0.4, -0.2) is 26.2 Å². The zero-order valence-corrected chi connectivity index (χ0v) is 14.4. The van der Waals surface area contributed by atoms with Crippen molar-refractivity contribution in [1.82, 2.24) is 10.6 Å². The van der Waals surface area contributed by atoms with Crippen molar-refractivity contribution in [1.29, 1.82) is 0 Å². The fraction of sp³-hybridized carbons (Fsp3) is 1.00. The molecule has 0 aliphatic heterocycles. The van der Waals surface area contributed by atoms with Crippen LogP contribution in [0.1, 0.15) is 66.2 Å². The second-order valence-electron chi connectivity index (χ2n) is 7.66. The minimum Gasteiger partial charge on any atom is -0.316 e. The van der Waals surface area contributed by atoms with Gasteiger partial charge in [0.1, 0.15) is 0 Å². The summed E-state index contributed by atoms with van der Waals surface area (Å²) < 4.78 is 0. The maximum absolute atomic E-state index is 3.65. The lowest BCUT2D eigenvalue weighted by Crippen LogP contribution is -2.31. The van der Waals surface area contributed by atoms with Crippen LogP contribution in [0.25, 0.3) is 0 Å². The Morgan fingerprint density at radius 1 is 0.700 bits per heavy atom. The molecule has 0 aromatic carbocycles. The molecule has 0 unspecified atom stereocenters. The first-order valence-corrected chi connectivity index (χ1v) is 8.99. The maximum Gasteiger partial charge on any atom is -0.00205 e. The lowest BCUT2D eigenvalue weighted by molar-refractivity contribution is 0.260. The standard InChI is InChI=1S/C18H38N2/c1-15(2)9-11-19-13-17-5-7-18(8-6-17)14-20-12-10-16(3)4/h15-20H,5-14H2,1-4H3. The van der Waals surface area contributed by atoms with Crippen LogP contribution in [0, 0.1) is 23.7 Å². The quantitative estimate of drug-likeness (QED) is 0.590. The summed E-state index contributed by atoms with van der Waals surface area (Å²) in [7, 11) is 0. The summed E-state index contributed by atoms with van der Waals surface area (Å²) in [6, 6.07) is 0. The van der Waals surface area contributed by atoms with E-state index in [-0.39, 0.29) is 0 Å². The number of hydrogen-bond donors (Lipinski definition) is 2. The molecule has 0 heterocycles. The normalized spacial score (nSPS) is 23.7. The van der Waals surface area contributed by atoms with E-state index in [4.69, 9.17) is 0 Å². The van der Waals surface area contributed by atoms with E-state index >= 15 is 0 Å². The summed E-state index contributed by atoms with van der Waals surface area (Å²) in [6.45, 7) is 14.1. The summed E-state index contributed by atoms with van der Waals surface area (Å²) >= 11 is 0. The second kappa shape index (κ2) is 10.6. The molecular formula is C18H38N2. The van der Waals surface area contributed by atoms with E-state index in [0.29, 0.717) is 0 Å². The topological polar surface area (TPSA) is 24.1 Å². The molecule has 2 nitrogen and oxygen atoms in total. The van der Waals surface area contributed by atoms with Gasteiger partial charge in [0.2, 0.25) is 0 Å². The van der Waals surface area contributed by atoms with Crippen molar-refractivity contribution < 1.29 is 0 Å². The van der Waals surface area contributed by atoms with E-state index in [1.54, 1.807) is 0 Å². The average Bonchev–Trinajstić information content (AvgIpc) is 2.41. The Labute approximate surface area is 127 Å². The highest BCUT2D eigenvalue weighted by molar-refractivity contribution is 4.75. The van der Waals surface area contributed by atoms with E-state index in [1.807, 2.05) is 0 Å². The van der Waals surface area contributed by atoms with Gasteiger partial charge in [-0.2, -0.15) is 0 Å². The molecule has 1 aliphatic rings. The Morgan fingerprint density at radius 3 is 1.35 bits per heavy atom. The summed E-state index contributed by atoms with van der Waals surface area (Å²) in [5, 5.41) is 7.30. The van der Waals surface area contributed by atoms with Crippen LogP contribution in [0.4, 0.5) is 0 Å². The van der Waals surface area contributed by atoms with Crippen LogP contribution < -0.4 is 10.6 Å². The van der Waals surface area contributed by atoms with Gasteiger partial charge in [-0.15, -0.1) is 0 Å². The van der Waals surface area contributed by atoms with Crippen molar-refractivity contribution in [2.75, 3.05) is 26.2 Å². The monoisotopic (exact) mass is 282 g/mol. The highest BCUT2D eigenvalue weighted by Crippen LogP contribution is 2.27. The molecule has 1 saturated carbocycles. The minimum absolute atomic E-state index is 0.829. The second-order valence-corrected chi connectivity index (χ2v) is 7.66. The summed E-state index contributed by atoms with van der Waals surface area (Å²) in [5.41, 5.74) is 0. The van der Waals surface area contributed by atoms with Crippen LogP contribution in [0.3, 0.4) is 0 Å². The van der Waals surface area contributed by atoms with Crippen LogP contribution in [0.15, 0.2) is 0 Å². The van der Waals surface area contributed by atoms with Crippen LogP contribution in [-0.2, 0) is 0 Å². The zero-order chi connectivity index (χ0) is 14.8. The lowest BCUT2D eigenvalue weighted by atomic mass is 9.82. The Hall–Kier alpha value is -0.0800. The Morgan fingerprint density at radius 2 is 1.05 bits per heavy atom. The molecule has 1 rings (SSSR count). The molecule has 2 heteroatoms. The molecule has 0 radical (unpaired) electrons. The van der Waals surface area contributed by atoms with Gasteiger partial charge in [-0.25, -0.2) is 0 Å². The Bertz CT molecular complexity index is 193. The fourth-order valence-corrected chi connectivity index (χ4v) is 3.03. The van der Waals surface area contributed by atoms with Gasteiger partial charge < -0.3 is 10.6 Å². The molecule has 120 valence electrons. The van der Waals surface area contributed by atoms with Gasteiger partial charge >= 0.3 is 0 Å². The number of nitrogens with one attached hydrogen (secondary N) is 2. The first kappa shape index (κ1) is 18.0. The molecule has 1 aliphatic carbocycles. The molecule has 2 N–H and O–H groups in total. The predicted octanol–water partition coefficient (Wildman–Crippen LogP) is 4.06. The SMILES string of the molecule is CC(C)CCNCC1CCC(CNCCC(C)C)CC1. The van der Waals surface area contributed by atoms with Gasteiger partial charge in [0, 0.05) is 0 Å². The third-order valence-electron chi connectivity index (χ3n) is 4.63. The molecule has 0 atom stereocenters. The highest BCUT2D eigenvalue weighted by Gasteiger charge is 2.20. The lowest BCUT2D eigenvalue weighted by Gasteiger charge is -2.29. The largest absolute Gasteiger partial charge is 0.316 e. The Balaban J connectivity index is 1.97. The first-order chi connectivity index (χ1) is 9.58. The molecule has 0 aromatic heterocycles. The zero-order valence-electron chi connectivity index (χ0n) is 14.4. The van der Waals surface area contributed by atoms with Crippen LogP contribution in [0.2, 0.25) is 0 Å². The molecule has 20 heavy (non-hydrogen) atoms. The molecule has 0 saturated heterocycles. The smallest absolute Gasteiger partial charge is 0.00205 e. The van der Waals surface area contributed by atoms with E-state index in [9.17, 15) is 0 Å². The van der Waals surface area contributed by atoms with Crippen molar-refractivity contribution in [2.24, 2.45) is 23.7 Å². The molecule has 0 bridgehead atoms. The van der Waals surface area contributed by atoms with Gasteiger partial charge in [-0.3, -0.25) is 0 Å². The van der Waals surface area contributed by atoms with Crippen molar-refractivity contribution in [3.63, 3.8) is 0 Å². The number of rotatable bonds is 10. The van der Waals surface area contributed by atoms with Gasteiger partial charge in [-0.1, -0.05) is 27.7 Å². The summed E-state index contributed by atoms with van der Waals surface area (Å²) in [6.07, 6.45) is 8.37. The van der Waals surface area contributed by atoms with E-state index in [1.165, 1.54) is 64.7 Å². The van der Waals surface area contributed by atoms with Gasteiger partial charge in [0.25, 0.3) is 0 Å². The molecule has 0 aromatic rings. The van der Waals surface area contributed by atoms with Gasteiger partial charge in [0.05, 0.1) is 0 Å². The predicted molar refractivity (Wildman–Crippen MR) is 90.1 cm³/mol. The van der Waals surface area contributed by atoms with E-state index in [0.717, 1.165) is 23.7 Å². The van der Waals surface area contributed by atoms with E-state index < -0.39 is 0 Å². The maximum atomic E-state index is 3.65. The van der Waals surface area contributed by atoms with E-state index in [2.05, 4.69) is 38.3 Å². The third kappa shape index (κ3) is 8.97. The third-order valence-corrected chi connectivity index (χ3v) is 4.63. The summed E-state index contributed by atoms with van der Waals surface area (Å²) in [4.78, 5) is 0. The van der Waals surface area contributed by atoms with Crippen LogP contribution in [0.5, 0.6) is 0 Å². The molecule has 0 amide bonds. The Kier molecular flexibility index (Phi) is 9.54. The van der Waals surface area contributed by atoms with Crippen LogP contribution >= 0.6 is 0 Å². The fourth-order valence-electron chi connectivity index (χ4n) is 3.03. The highest BCUT2D eigenvalue weighted by atomic mass is 14.9. The van der Waals surface area contributed by atoms with Crippen molar-refractivity contribution in [3.8, 4) is 0 Å².